The van der Waals surface area contributed by atoms with Gasteiger partial charge in [0.2, 0.25) is 0 Å². The summed E-state index contributed by atoms with van der Waals surface area (Å²) in [6, 6.07) is 5.68. The second-order valence-corrected chi connectivity index (χ2v) is 3.85. The maximum absolute atomic E-state index is 12.8. The fourth-order valence-electron chi connectivity index (χ4n) is 1.55. The average Bonchev–Trinajstić information content (AvgIpc) is 3.10. The Morgan fingerprint density at radius 1 is 1.20 bits per heavy atom. The lowest BCUT2D eigenvalue weighted by Crippen LogP contribution is -2.21. The molecule has 8 heteroatoms. The van der Waals surface area contributed by atoms with Crippen LogP contribution in [0.15, 0.2) is 47.5 Å². The van der Waals surface area contributed by atoms with E-state index in [1.54, 1.807) is 0 Å². The van der Waals surface area contributed by atoms with Gasteiger partial charge in [-0.1, -0.05) is 0 Å². The van der Waals surface area contributed by atoms with Crippen LogP contribution in [0.1, 0.15) is 10.7 Å². The van der Waals surface area contributed by atoms with Gasteiger partial charge >= 0.3 is 5.91 Å². The highest BCUT2D eigenvalue weighted by atomic mass is 19.1. The maximum Gasteiger partial charge on any atom is 0.325 e. The summed E-state index contributed by atoms with van der Waals surface area (Å²) in [6.45, 7) is 0. The van der Waals surface area contributed by atoms with Gasteiger partial charge < -0.3 is 4.42 Å². The molecule has 0 radical (unpaired) electrons. The minimum Gasteiger partial charge on any atom is -0.432 e. The molecule has 0 saturated carbocycles. The van der Waals surface area contributed by atoms with Gasteiger partial charge in [-0.2, -0.15) is 0 Å². The predicted molar refractivity (Wildman–Crippen MR) is 65.6 cm³/mol. The minimum absolute atomic E-state index is 0.113. The highest BCUT2D eigenvalue weighted by molar-refractivity contribution is 5.96. The van der Waals surface area contributed by atoms with Crippen molar-refractivity contribution in [1.29, 1.82) is 0 Å². The van der Waals surface area contributed by atoms with Crippen molar-refractivity contribution in [2.24, 2.45) is 0 Å². The molecule has 0 spiro atoms. The largest absolute Gasteiger partial charge is 0.432 e. The molecule has 0 aliphatic heterocycles. The Morgan fingerprint density at radius 3 is 2.60 bits per heavy atom. The Balaban J connectivity index is 1.79. The van der Waals surface area contributed by atoms with E-state index in [-0.39, 0.29) is 11.7 Å². The zero-order valence-corrected chi connectivity index (χ0v) is 10.0. The lowest BCUT2D eigenvalue weighted by molar-refractivity contribution is 0.0975. The summed E-state index contributed by atoms with van der Waals surface area (Å²) in [6.07, 6.45) is 4.04. The van der Waals surface area contributed by atoms with Crippen LogP contribution < -0.4 is 5.43 Å². The maximum atomic E-state index is 12.8. The molecule has 100 valence electrons. The third kappa shape index (κ3) is 2.39. The van der Waals surface area contributed by atoms with Crippen molar-refractivity contribution in [3.8, 4) is 11.3 Å². The Kier molecular flexibility index (Phi) is 2.96. The summed E-state index contributed by atoms with van der Waals surface area (Å²) in [5, 5.41) is 7.08. The second-order valence-electron chi connectivity index (χ2n) is 3.85. The van der Waals surface area contributed by atoms with E-state index in [4.69, 9.17) is 4.42 Å². The molecule has 2 aromatic heterocycles. The minimum atomic E-state index is -0.543. The van der Waals surface area contributed by atoms with E-state index in [1.165, 1.54) is 47.8 Å². The van der Waals surface area contributed by atoms with Gasteiger partial charge in [0.1, 0.15) is 18.5 Å². The Labute approximate surface area is 112 Å². The second kappa shape index (κ2) is 4.92. The third-order valence-electron chi connectivity index (χ3n) is 2.48. The molecular formula is C12H8FN5O2. The quantitative estimate of drug-likeness (QED) is 0.780. The number of nitrogens with one attached hydrogen (secondary N) is 1. The van der Waals surface area contributed by atoms with E-state index in [9.17, 15) is 9.18 Å². The number of hydrogen-bond acceptors (Lipinski definition) is 5. The molecule has 2 heterocycles. The lowest BCUT2D eigenvalue weighted by Gasteiger charge is -2.00. The first-order chi connectivity index (χ1) is 9.72. The van der Waals surface area contributed by atoms with Gasteiger partial charge in [-0.25, -0.2) is 14.1 Å². The molecule has 1 amide bonds. The van der Waals surface area contributed by atoms with Crippen LogP contribution >= 0.6 is 0 Å². The van der Waals surface area contributed by atoms with Gasteiger partial charge in [-0.3, -0.25) is 10.2 Å². The van der Waals surface area contributed by atoms with Crippen molar-refractivity contribution < 1.29 is 13.6 Å². The summed E-state index contributed by atoms with van der Waals surface area (Å²) in [5.41, 5.74) is 3.08. The Bertz CT molecular complexity index is 721. The number of hydrogen-bond donors (Lipinski definition) is 1. The molecule has 0 atom stereocenters. The van der Waals surface area contributed by atoms with Crippen molar-refractivity contribution in [2.75, 3.05) is 5.43 Å². The molecule has 3 rings (SSSR count). The summed E-state index contributed by atoms with van der Waals surface area (Å²) in [5.74, 6) is -0.631. The topological polar surface area (TPSA) is 85.8 Å². The van der Waals surface area contributed by atoms with Gasteiger partial charge in [0.25, 0.3) is 5.89 Å². The molecule has 1 N–H and O–H groups in total. The first kappa shape index (κ1) is 12.0. The summed E-state index contributed by atoms with van der Waals surface area (Å²) in [4.78, 5) is 15.7. The Morgan fingerprint density at radius 2 is 1.90 bits per heavy atom. The van der Waals surface area contributed by atoms with Crippen LogP contribution in [-0.2, 0) is 0 Å². The van der Waals surface area contributed by atoms with Crippen LogP contribution in [0.2, 0.25) is 0 Å². The van der Waals surface area contributed by atoms with E-state index < -0.39 is 5.91 Å². The number of carbonyl (C=O) groups is 1. The van der Waals surface area contributed by atoms with Crippen LogP contribution in [0.5, 0.6) is 0 Å². The van der Waals surface area contributed by atoms with E-state index in [1.807, 2.05) is 0 Å². The molecular weight excluding hydrogens is 265 g/mol. The van der Waals surface area contributed by atoms with Gasteiger partial charge in [0.05, 0.1) is 6.20 Å². The van der Waals surface area contributed by atoms with Crippen molar-refractivity contribution >= 4 is 5.91 Å². The molecule has 0 bridgehead atoms. The standard InChI is InChI=1S/C12H8FN5O2/c13-9-3-1-8(2-4-9)10-5-14-12(20-10)11(19)17-18-6-15-16-7-18/h1-7H,(H,17,19). The zero-order chi connectivity index (χ0) is 13.9. The number of rotatable bonds is 3. The smallest absolute Gasteiger partial charge is 0.325 e. The van der Waals surface area contributed by atoms with Gasteiger partial charge in [0.15, 0.2) is 5.76 Å². The number of benzene rings is 1. The van der Waals surface area contributed by atoms with E-state index >= 15 is 0 Å². The third-order valence-corrected chi connectivity index (χ3v) is 2.48. The van der Waals surface area contributed by atoms with Crippen molar-refractivity contribution in [1.82, 2.24) is 19.9 Å². The molecule has 0 aliphatic rings. The fourth-order valence-corrected chi connectivity index (χ4v) is 1.55. The van der Waals surface area contributed by atoms with Crippen molar-refractivity contribution in [3.63, 3.8) is 0 Å². The van der Waals surface area contributed by atoms with Crippen LogP contribution in [-0.4, -0.2) is 25.8 Å². The molecule has 1 aromatic carbocycles. The first-order valence-electron chi connectivity index (χ1n) is 5.60. The van der Waals surface area contributed by atoms with E-state index in [0.29, 0.717) is 11.3 Å². The van der Waals surface area contributed by atoms with Crippen LogP contribution in [0.3, 0.4) is 0 Å². The fraction of sp³-hybridized carbons (Fsp3) is 0. The Hall–Kier alpha value is -3.03. The zero-order valence-electron chi connectivity index (χ0n) is 10.0. The molecule has 7 nitrogen and oxygen atoms in total. The molecule has 3 aromatic rings. The number of carbonyl (C=O) groups excluding carboxylic acids is 1. The average molecular weight is 273 g/mol. The number of halogens is 1. The molecule has 20 heavy (non-hydrogen) atoms. The summed E-state index contributed by atoms with van der Waals surface area (Å²) in [7, 11) is 0. The van der Waals surface area contributed by atoms with Crippen LogP contribution in [0.25, 0.3) is 11.3 Å². The van der Waals surface area contributed by atoms with Crippen LogP contribution in [0.4, 0.5) is 4.39 Å². The van der Waals surface area contributed by atoms with E-state index in [0.717, 1.165) is 0 Å². The van der Waals surface area contributed by atoms with Crippen molar-refractivity contribution in [2.45, 2.75) is 0 Å². The van der Waals surface area contributed by atoms with Gasteiger partial charge in [0, 0.05) is 5.56 Å². The summed E-state index contributed by atoms with van der Waals surface area (Å²) < 4.78 is 19.4. The first-order valence-corrected chi connectivity index (χ1v) is 5.60. The monoisotopic (exact) mass is 273 g/mol. The van der Waals surface area contributed by atoms with Crippen molar-refractivity contribution in [3.05, 3.63) is 54.8 Å². The molecule has 0 saturated heterocycles. The van der Waals surface area contributed by atoms with Gasteiger partial charge in [-0.05, 0) is 24.3 Å². The lowest BCUT2D eigenvalue weighted by atomic mass is 10.2. The number of amides is 1. The normalized spacial score (nSPS) is 10.4. The SMILES string of the molecule is O=C(Nn1cnnc1)c1ncc(-c2ccc(F)cc2)o1. The molecule has 0 fully saturated rings. The predicted octanol–water partition coefficient (Wildman–Crippen LogP) is 1.46. The molecule has 0 unspecified atom stereocenters. The van der Waals surface area contributed by atoms with Crippen LogP contribution in [0, 0.1) is 5.82 Å². The number of aromatic nitrogens is 4. The summed E-state index contributed by atoms with van der Waals surface area (Å²) >= 11 is 0. The highest BCUT2D eigenvalue weighted by Crippen LogP contribution is 2.20. The number of nitrogens with zero attached hydrogens (tertiary/aromatic N) is 4. The van der Waals surface area contributed by atoms with E-state index in [2.05, 4.69) is 20.6 Å². The molecule has 0 aliphatic carbocycles. The number of oxazole rings is 1. The van der Waals surface area contributed by atoms with Gasteiger partial charge in [-0.15, -0.1) is 10.2 Å². The highest BCUT2D eigenvalue weighted by Gasteiger charge is 2.14.